The number of halogens is 1. The van der Waals surface area contributed by atoms with Gasteiger partial charge in [0, 0.05) is 23.7 Å². The quantitative estimate of drug-likeness (QED) is 0.918. The Kier molecular flexibility index (Phi) is 4.59. The second-order valence-electron chi connectivity index (χ2n) is 5.58. The lowest BCUT2D eigenvalue weighted by Crippen LogP contribution is -2.33. The molecule has 0 spiro atoms. The molecular weight excluding hydrogens is 280 g/mol. The maximum Gasteiger partial charge on any atom is 0.0491 e. The average molecular weight is 301 g/mol. The fourth-order valence-electron chi connectivity index (χ4n) is 3.38. The fourth-order valence-corrected chi connectivity index (χ4v) is 3.64. The molecule has 0 radical (unpaired) electrons. The van der Waals surface area contributed by atoms with Crippen LogP contribution in [0.3, 0.4) is 0 Å². The fraction of sp³-hybridized carbons (Fsp3) is 0.333. The molecule has 2 atom stereocenters. The molecule has 2 nitrogen and oxygen atoms in total. The lowest BCUT2D eigenvalue weighted by molar-refractivity contribution is 0.185. The van der Waals surface area contributed by atoms with Crippen molar-refractivity contribution in [1.82, 2.24) is 4.90 Å². The van der Waals surface area contributed by atoms with Crippen molar-refractivity contribution < 1.29 is 0 Å². The summed E-state index contributed by atoms with van der Waals surface area (Å²) in [5.41, 5.74) is 8.61. The van der Waals surface area contributed by atoms with Gasteiger partial charge in [0.05, 0.1) is 0 Å². The summed E-state index contributed by atoms with van der Waals surface area (Å²) in [7, 11) is 0. The molecule has 3 heteroatoms. The average Bonchev–Trinajstić information content (AvgIpc) is 3.00. The van der Waals surface area contributed by atoms with Crippen molar-refractivity contribution in [2.75, 3.05) is 13.1 Å². The van der Waals surface area contributed by atoms with E-state index in [2.05, 4.69) is 41.3 Å². The van der Waals surface area contributed by atoms with E-state index < -0.39 is 0 Å². The summed E-state index contributed by atoms with van der Waals surface area (Å²) in [4.78, 5) is 2.51. The van der Waals surface area contributed by atoms with E-state index in [1.165, 1.54) is 18.4 Å². The van der Waals surface area contributed by atoms with Crippen LogP contribution in [0.2, 0.25) is 5.02 Å². The van der Waals surface area contributed by atoms with Crippen molar-refractivity contribution in [1.29, 1.82) is 0 Å². The van der Waals surface area contributed by atoms with Crippen molar-refractivity contribution in [3.63, 3.8) is 0 Å². The van der Waals surface area contributed by atoms with Gasteiger partial charge in [0.1, 0.15) is 0 Å². The Labute approximate surface area is 131 Å². The number of hydrogen-bond acceptors (Lipinski definition) is 2. The van der Waals surface area contributed by atoms with Gasteiger partial charge in [0.25, 0.3) is 0 Å². The lowest BCUT2D eigenvalue weighted by Gasteiger charge is -2.33. The van der Waals surface area contributed by atoms with E-state index in [-0.39, 0.29) is 6.04 Å². The van der Waals surface area contributed by atoms with E-state index in [0.717, 1.165) is 17.1 Å². The van der Waals surface area contributed by atoms with E-state index in [4.69, 9.17) is 17.3 Å². The molecule has 2 aromatic carbocycles. The first kappa shape index (κ1) is 14.6. The smallest absolute Gasteiger partial charge is 0.0491 e. The van der Waals surface area contributed by atoms with Crippen molar-refractivity contribution in [2.24, 2.45) is 5.73 Å². The Morgan fingerprint density at radius 3 is 2.52 bits per heavy atom. The molecular formula is C18H21ClN2. The van der Waals surface area contributed by atoms with Gasteiger partial charge in [-0.1, -0.05) is 60.1 Å². The highest BCUT2D eigenvalue weighted by atomic mass is 35.5. The summed E-state index contributed by atoms with van der Waals surface area (Å²) < 4.78 is 0. The number of rotatable bonds is 4. The second-order valence-corrected chi connectivity index (χ2v) is 5.99. The number of benzene rings is 2. The van der Waals surface area contributed by atoms with E-state index in [1.54, 1.807) is 0 Å². The summed E-state index contributed by atoms with van der Waals surface area (Å²) in [5.74, 6) is 0. The summed E-state index contributed by atoms with van der Waals surface area (Å²) in [6.45, 7) is 1.67. The molecule has 1 aliphatic heterocycles. The van der Waals surface area contributed by atoms with E-state index in [0.29, 0.717) is 12.6 Å². The van der Waals surface area contributed by atoms with Crippen LogP contribution in [-0.2, 0) is 0 Å². The van der Waals surface area contributed by atoms with Crippen LogP contribution in [-0.4, -0.2) is 18.0 Å². The summed E-state index contributed by atoms with van der Waals surface area (Å²) in [6.07, 6.45) is 2.39. The Morgan fingerprint density at radius 1 is 1.10 bits per heavy atom. The van der Waals surface area contributed by atoms with Gasteiger partial charge in [-0.15, -0.1) is 0 Å². The molecule has 2 aromatic rings. The van der Waals surface area contributed by atoms with E-state index in [1.807, 2.05) is 18.2 Å². The highest BCUT2D eigenvalue weighted by Gasteiger charge is 2.32. The van der Waals surface area contributed by atoms with Crippen LogP contribution in [0, 0.1) is 0 Å². The third-order valence-electron chi connectivity index (χ3n) is 4.37. The molecule has 0 saturated carbocycles. The molecule has 0 amide bonds. The van der Waals surface area contributed by atoms with Crippen LogP contribution in [0.5, 0.6) is 0 Å². The van der Waals surface area contributed by atoms with Crippen LogP contribution >= 0.6 is 11.6 Å². The summed E-state index contributed by atoms with van der Waals surface area (Å²) in [5, 5.41) is 0.812. The second kappa shape index (κ2) is 6.61. The van der Waals surface area contributed by atoms with Crippen LogP contribution in [0.25, 0.3) is 0 Å². The van der Waals surface area contributed by atoms with Gasteiger partial charge < -0.3 is 5.73 Å². The molecule has 3 rings (SSSR count). The maximum atomic E-state index is 6.39. The molecule has 0 bridgehead atoms. The van der Waals surface area contributed by atoms with Gasteiger partial charge in [-0.3, -0.25) is 4.90 Å². The first-order valence-electron chi connectivity index (χ1n) is 7.56. The third-order valence-corrected chi connectivity index (χ3v) is 4.71. The Balaban J connectivity index is 1.91. The summed E-state index contributed by atoms with van der Waals surface area (Å²) >= 11 is 6.39. The first-order valence-corrected chi connectivity index (χ1v) is 7.94. The van der Waals surface area contributed by atoms with Crippen LogP contribution in [0.4, 0.5) is 0 Å². The minimum atomic E-state index is 0.186. The van der Waals surface area contributed by atoms with Crippen molar-refractivity contribution in [3.05, 3.63) is 70.7 Å². The van der Waals surface area contributed by atoms with Crippen molar-refractivity contribution in [3.8, 4) is 0 Å². The first-order chi connectivity index (χ1) is 10.3. The van der Waals surface area contributed by atoms with Gasteiger partial charge in [-0.05, 0) is 36.6 Å². The zero-order valence-electron chi connectivity index (χ0n) is 12.1. The Hall–Kier alpha value is -1.35. The molecule has 2 N–H and O–H groups in total. The molecule has 1 fully saturated rings. The lowest BCUT2D eigenvalue weighted by atomic mass is 10.00. The number of nitrogens with zero attached hydrogens (tertiary/aromatic N) is 1. The molecule has 1 aliphatic rings. The van der Waals surface area contributed by atoms with E-state index in [9.17, 15) is 0 Å². The zero-order chi connectivity index (χ0) is 14.7. The molecule has 110 valence electrons. The SMILES string of the molecule is NCC(c1ccccc1Cl)N1CCCC1c1ccccc1. The maximum absolute atomic E-state index is 6.39. The number of likely N-dealkylation sites (tertiary alicyclic amines) is 1. The number of hydrogen-bond donors (Lipinski definition) is 1. The zero-order valence-corrected chi connectivity index (χ0v) is 12.8. The molecule has 21 heavy (non-hydrogen) atoms. The molecule has 2 unspecified atom stereocenters. The third kappa shape index (κ3) is 2.98. The normalized spacial score (nSPS) is 20.6. The Morgan fingerprint density at radius 2 is 1.81 bits per heavy atom. The Bertz CT molecular complexity index is 585. The van der Waals surface area contributed by atoms with Gasteiger partial charge in [0.15, 0.2) is 0 Å². The predicted octanol–water partition coefficient (Wildman–Crippen LogP) is 4.18. The largest absolute Gasteiger partial charge is 0.329 e. The van der Waals surface area contributed by atoms with E-state index >= 15 is 0 Å². The van der Waals surface area contributed by atoms with Crippen LogP contribution in [0.15, 0.2) is 54.6 Å². The predicted molar refractivity (Wildman–Crippen MR) is 88.4 cm³/mol. The molecule has 0 aliphatic carbocycles. The van der Waals surface area contributed by atoms with Gasteiger partial charge in [-0.2, -0.15) is 0 Å². The van der Waals surface area contributed by atoms with Crippen molar-refractivity contribution in [2.45, 2.75) is 24.9 Å². The minimum absolute atomic E-state index is 0.186. The molecule has 1 saturated heterocycles. The van der Waals surface area contributed by atoms with Gasteiger partial charge in [0.2, 0.25) is 0 Å². The molecule has 0 aromatic heterocycles. The minimum Gasteiger partial charge on any atom is -0.329 e. The highest BCUT2D eigenvalue weighted by Crippen LogP contribution is 2.39. The van der Waals surface area contributed by atoms with Crippen LogP contribution < -0.4 is 5.73 Å². The highest BCUT2D eigenvalue weighted by molar-refractivity contribution is 6.31. The topological polar surface area (TPSA) is 29.3 Å². The van der Waals surface area contributed by atoms with Crippen LogP contribution in [0.1, 0.15) is 36.1 Å². The standard InChI is InChI=1S/C18H21ClN2/c19-16-10-5-4-9-15(16)18(13-20)21-12-6-11-17(21)14-7-2-1-3-8-14/h1-5,7-10,17-18H,6,11-13,20H2. The monoisotopic (exact) mass is 300 g/mol. The number of nitrogens with two attached hydrogens (primary N) is 1. The van der Waals surface area contributed by atoms with Gasteiger partial charge >= 0.3 is 0 Å². The van der Waals surface area contributed by atoms with Crippen molar-refractivity contribution >= 4 is 11.6 Å². The summed E-state index contributed by atoms with van der Waals surface area (Å²) in [6, 6.07) is 19.4. The molecule has 1 heterocycles. The van der Waals surface area contributed by atoms with Gasteiger partial charge in [-0.25, -0.2) is 0 Å².